The highest BCUT2D eigenvalue weighted by atomic mass is 35.5. The van der Waals surface area contributed by atoms with Crippen LogP contribution < -0.4 is 5.32 Å². The van der Waals surface area contributed by atoms with E-state index in [0.717, 1.165) is 11.8 Å². The first kappa shape index (κ1) is 9.62. The molecule has 0 spiro atoms. The molecule has 1 aromatic rings. The smallest absolute Gasteiger partial charge is 0.120 e. The average molecular weight is 188 g/mol. The fourth-order valence-corrected chi connectivity index (χ4v) is 1.22. The van der Waals surface area contributed by atoms with E-state index >= 15 is 0 Å². The molecular weight excluding hydrogens is 174 g/mol. The predicted octanol–water partition coefficient (Wildman–Crippen LogP) is 2.51. The molecule has 1 unspecified atom stereocenters. The van der Waals surface area contributed by atoms with E-state index in [1.165, 1.54) is 12.8 Å². The van der Waals surface area contributed by atoms with Gasteiger partial charge in [0.1, 0.15) is 5.76 Å². The average Bonchev–Trinajstić information content (AvgIpc) is 2.67. The van der Waals surface area contributed by atoms with E-state index in [4.69, 9.17) is 4.42 Å². The van der Waals surface area contributed by atoms with Crippen molar-refractivity contribution in [1.82, 2.24) is 5.32 Å². The van der Waals surface area contributed by atoms with E-state index in [1.807, 2.05) is 12.1 Å². The Labute approximate surface area is 78.7 Å². The van der Waals surface area contributed by atoms with Gasteiger partial charge in [0.05, 0.1) is 12.3 Å². The molecule has 0 aromatic carbocycles. The van der Waals surface area contributed by atoms with Crippen molar-refractivity contribution in [2.45, 2.75) is 31.8 Å². The summed E-state index contributed by atoms with van der Waals surface area (Å²) in [5.41, 5.74) is 0. The summed E-state index contributed by atoms with van der Waals surface area (Å²) in [5.74, 6) is 1.04. The Kier molecular flexibility index (Phi) is 3.18. The van der Waals surface area contributed by atoms with Crippen molar-refractivity contribution in [1.29, 1.82) is 0 Å². The first-order valence-corrected chi connectivity index (χ1v) is 4.16. The monoisotopic (exact) mass is 187 g/mol. The van der Waals surface area contributed by atoms with Gasteiger partial charge in [-0.15, -0.1) is 12.4 Å². The molecule has 1 aromatic heterocycles. The Bertz CT molecular complexity index is 218. The minimum absolute atomic E-state index is 0. The summed E-state index contributed by atoms with van der Waals surface area (Å²) < 4.78 is 5.26. The van der Waals surface area contributed by atoms with Crippen LogP contribution >= 0.6 is 12.4 Å². The van der Waals surface area contributed by atoms with Crippen molar-refractivity contribution >= 4 is 12.4 Å². The van der Waals surface area contributed by atoms with Gasteiger partial charge in [-0.1, -0.05) is 0 Å². The highest BCUT2D eigenvalue weighted by Crippen LogP contribution is 2.23. The first-order chi connectivity index (χ1) is 5.36. The number of furan rings is 1. The Morgan fingerprint density at radius 2 is 2.33 bits per heavy atom. The summed E-state index contributed by atoms with van der Waals surface area (Å²) in [6.07, 6.45) is 4.37. The molecule has 2 rings (SSSR count). The fourth-order valence-electron chi connectivity index (χ4n) is 1.22. The highest BCUT2D eigenvalue weighted by Gasteiger charge is 2.23. The minimum atomic E-state index is 0. The zero-order valence-corrected chi connectivity index (χ0v) is 7.93. The van der Waals surface area contributed by atoms with Crippen molar-refractivity contribution in [3.8, 4) is 0 Å². The Hall–Kier alpha value is -0.470. The molecule has 0 saturated heterocycles. The molecule has 2 nitrogen and oxygen atoms in total. The normalized spacial score (nSPS) is 18.4. The van der Waals surface area contributed by atoms with E-state index in [9.17, 15) is 0 Å². The molecule has 68 valence electrons. The van der Waals surface area contributed by atoms with Gasteiger partial charge in [0, 0.05) is 6.04 Å². The molecule has 0 radical (unpaired) electrons. The van der Waals surface area contributed by atoms with Gasteiger partial charge in [0.15, 0.2) is 0 Å². The molecule has 1 heterocycles. The Balaban J connectivity index is 0.000000720. The number of hydrogen-bond acceptors (Lipinski definition) is 2. The van der Waals surface area contributed by atoms with Crippen LogP contribution in [0.2, 0.25) is 0 Å². The first-order valence-electron chi connectivity index (χ1n) is 4.16. The standard InChI is InChI=1S/C9H13NO.ClH/c1-7(10-8-4-5-8)9-3-2-6-11-9;/h2-3,6-8,10H,4-5H2,1H3;1H. The summed E-state index contributed by atoms with van der Waals surface area (Å²) >= 11 is 0. The van der Waals surface area contributed by atoms with Gasteiger partial charge in [-0.25, -0.2) is 0 Å². The van der Waals surface area contributed by atoms with Gasteiger partial charge in [0.2, 0.25) is 0 Å². The number of rotatable bonds is 3. The van der Waals surface area contributed by atoms with Gasteiger partial charge in [-0.3, -0.25) is 0 Å². The maximum absolute atomic E-state index is 5.26. The van der Waals surface area contributed by atoms with E-state index in [-0.39, 0.29) is 12.4 Å². The van der Waals surface area contributed by atoms with E-state index < -0.39 is 0 Å². The fraction of sp³-hybridized carbons (Fsp3) is 0.556. The van der Waals surface area contributed by atoms with Crippen molar-refractivity contribution in [2.24, 2.45) is 0 Å². The van der Waals surface area contributed by atoms with Gasteiger partial charge >= 0.3 is 0 Å². The summed E-state index contributed by atoms with van der Waals surface area (Å²) in [4.78, 5) is 0. The molecule has 1 saturated carbocycles. The lowest BCUT2D eigenvalue weighted by Crippen LogP contribution is -2.19. The zero-order chi connectivity index (χ0) is 7.68. The molecule has 1 atom stereocenters. The molecule has 12 heavy (non-hydrogen) atoms. The second kappa shape index (κ2) is 3.97. The molecule has 1 aliphatic carbocycles. The number of nitrogens with one attached hydrogen (secondary N) is 1. The summed E-state index contributed by atoms with van der Waals surface area (Å²) in [6.45, 7) is 2.14. The summed E-state index contributed by atoms with van der Waals surface area (Å²) in [7, 11) is 0. The molecule has 3 heteroatoms. The molecule has 1 fully saturated rings. The van der Waals surface area contributed by atoms with E-state index in [0.29, 0.717) is 6.04 Å². The highest BCUT2D eigenvalue weighted by molar-refractivity contribution is 5.85. The van der Waals surface area contributed by atoms with Crippen molar-refractivity contribution in [3.63, 3.8) is 0 Å². The van der Waals surface area contributed by atoms with Crippen LogP contribution in [-0.2, 0) is 0 Å². The second-order valence-corrected chi connectivity index (χ2v) is 3.18. The second-order valence-electron chi connectivity index (χ2n) is 3.18. The zero-order valence-electron chi connectivity index (χ0n) is 7.12. The Morgan fingerprint density at radius 1 is 1.58 bits per heavy atom. The lowest BCUT2D eigenvalue weighted by Gasteiger charge is -2.08. The minimum Gasteiger partial charge on any atom is -0.468 e. The van der Waals surface area contributed by atoms with Crippen LogP contribution in [0.25, 0.3) is 0 Å². The van der Waals surface area contributed by atoms with Crippen molar-refractivity contribution < 1.29 is 4.42 Å². The third kappa shape index (κ3) is 2.26. The lowest BCUT2D eigenvalue weighted by atomic mass is 10.2. The van der Waals surface area contributed by atoms with Gasteiger partial charge < -0.3 is 9.73 Å². The maximum Gasteiger partial charge on any atom is 0.120 e. The molecule has 1 aliphatic rings. The van der Waals surface area contributed by atoms with Crippen molar-refractivity contribution in [3.05, 3.63) is 24.2 Å². The number of halogens is 1. The SMILES string of the molecule is CC(NC1CC1)c1ccco1.Cl. The molecule has 0 aliphatic heterocycles. The predicted molar refractivity (Wildman–Crippen MR) is 50.5 cm³/mol. The van der Waals surface area contributed by atoms with Gasteiger partial charge in [-0.2, -0.15) is 0 Å². The van der Waals surface area contributed by atoms with Gasteiger partial charge in [-0.05, 0) is 31.9 Å². The number of hydrogen-bond donors (Lipinski definition) is 1. The molecule has 1 N–H and O–H groups in total. The van der Waals surface area contributed by atoms with Crippen LogP contribution in [0.15, 0.2) is 22.8 Å². The van der Waals surface area contributed by atoms with Crippen LogP contribution in [0.5, 0.6) is 0 Å². The lowest BCUT2D eigenvalue weighted by molar-refractivity contribution is 0.429. The van der Waals surface area contributed by atoms with Crippen LogP contribution in [0.4, 0.5) is 0 Å². The van der Waals surface area contributed by atoms with Gasteiger partial charge in [0.25, 0.3) is 0 Å². The molecular formula is C9H14ClNO. The molecule has 0 amide bonds. The Morgan fingerprint density at radius 3 is 2.83 bits per heavy atom. The quantitative estimate of drug-likeness (QED) is 0.787. The topological polar surface area (TPSA) is 25.2 Å². The van der Waals surface area contributed by atoms with E-state index in [2.05, 4.69) is 12.2 Å². The third-order valence-electron chi connectivity index (χ3n) is 2.03. The van der Waals surface area contributed by atoms with Crippen molar-refractivity contribution in [2.75, 3.05) is 0 Å². The van der Waals surface area contributed by atoms with E-state index in [1.54, 1.807) is 6.26 Å². The van der Waals surface area contributed by atoms with Crippen LogP contribution in [-0.4, -0.2) is 6.04 Å². The summed E-state index contributed by atoms with van der Waals surface area (Å²) in [6, 6.07) is 5.06. The summed E-state index contributed by atoms with van der Waals surface area (Å²) in [5, 5.41) is 3.46. The largest absolute Gasteiger partial charge is 0.468 e. The van der Waals surface area contributed by atoms with Crippen LogP contribution in [0.1, 0.15) is 31.6 Å². The third-order valence-corrected chi connectivity index (χ3v) is 2.03. The van der Waals surface area contributed by atoms with Crippen LogP contribution in [0, 0.1) is 0 Å². The molecule has 0 bridgehead atoms. The maximum atomic E-state index is 5.26. The van der Waals surface area contributed by atoms with Crippen LogP contribution in [0.3, 0.4) is 0 Å².